The summed E-state index contributed by atoms with van der Waals surface area (Å²) in [6.45, 7) is 6.61. The molecule has 0 aliphatic carbocycles. The van der Waals surface area contributed by atoms with Gasteiger partial charge in [-0.3, -0.25) is 0 Å². The van der Waals surface area contributed by atoms with Gasteiger partial charge < -0.3 is 20.7 Å². The first-order chi connectivity index (χ1) is 7.54. The molecule has 16 heavy (non-hydrogen) atoms. The molecule has 0 spiro atoms. The first-order valence-electron chi connectivity index (χ1n) is 5.31. The Kier molecular flexibility index (Phi) is 4.37. The number of nitrogens with zero attached hydrogens (tertiary/aromatic N) is 1. The number of nitrogens with one attached hydrogen (secondary N) is 1. The van der Waals surface area contributed by atoms with Crippen LogP contribution in [0.2, 0.25) is 0 Å². The van der Waals surface area contributed by atoms with Crippen LogP contribution in [0, 0.1) is 13.8 Å². The fourth-order valence-corrected chi connectivity index (χ4v) is 1.66. The summed E-state index contributed by atoms with van der Waals surface area (Å²) in [5.41, 5.74) is 6.52. The first kappa shape index (κ1) is 12.6. The molecule has 1 rings (SSSR count). The van der Waals surface area contributed by atoms with Gasteiger partial charge in [0.25, 0.3) is 0 Å². The Bertz CT molecular complexity index is 371. The Morgan fingerprint density at radius 2 is 2.31 bits per heavy atom. The quantitative estimate of drug-likeness (QED) is 0.308. The van der Waals surface area contributed by atoms with E-state index in [4.69, 9.17) is 15.4 Å². The number of hydrogen-bond donors (Lipinski definition) is 3. The van der Waals surface area contributed by atoms with Crippen LogP contribution in [0.1, 0.15) is 36.5 Å². The molecule has 0 aromatic carbocycles. The SMILES string of the molecule is Cc1cc(C(C)NCCC(N)=NO)c(C)o1. The molecule has 0 aliphatic rings. The van der Waals surface area contributed by atoms with Crippen molar-refractivity contribution in [1.29, 1.82) is 0 Å². The highest BCUT2D eigenvalue weighted by atomic mass is 16.4. The molecule has 0 aliphatic heterocycles. The van der Waals surface area contributed by atoms with Crippen molar-refractivity contribution >= 4 is 5.84 Å². The summed E-state index contributed by atoms with van der Waals surface area (Å²) in [5.74, 6) is 2.08. The maximum Gasteiger partial charge on any atom is 0.140 e. The van der Waals surface area contributed by atoms with Crippen LogP contribution in [0.5, 0.6) is 0 Å². The van der Waals surface area contributed by atoms with Crippen molar-refractivity contribution in [1.82, 2.24) is 5.32 Å². The smallest absolute Gasteiger partial charge is 0.140 e. The summed E-state index contributed by atoms with van der Waals surface area (Å²) < 4.78 is 5.46. The number of oxime groups is 1. The Balaban J connectivity index is 2.47. The van der Waals surface area contributed by atoms with Crippen LogP contribution in [0.3, 0.4) is 0 Å². The van der Waals surface area contributed by atoms with Gasteiger partial charge in [-0.25, -0.2) is 0 Å². The van der Waals surface area contributed by atoms with Crippen molar-refractivity contribution in [2.75, 3.05) is 6.54 Å². The van der Waals surface area contributed by atoms with Gasteiger partial charge in [0.05, 0.1) is 0 Å². The Morgan fingerprint density at radius 1 is 1.62 bits per heavy atom. The second kappa shape index (κ2) is 5.55. The molecule has 0 amide bonds. The van der Waals surface area contributed by atoms with Crippen molar-refractivity contribution < 1.29 is 9.62 Å². The lowest BCUT2D eigenvalue weighted by molar-refractivity contribution is 0.316. The van der Waals surface area contributed by atoms with Crippen molar-refractivity contribution in [3.05, 3.63) is 23.2 Å². The second-order valence-electron chi connectivity index (χ2n) is 3.89. The van der Waals surface area contributed by atoms with Gasteiger partial charge in [-0.15, -0.1) is 0 Å². The fraction of sp³-hybridized carbons (Fsp3) is 0.545. The van der Waals surface area contributed by atoms with Gasteiger partial charge in [0, 0.05) is 24.6 Å². The molecule has 5 nitrogen and oxygen atoms in total. The molecule has 0 radical (unpaired) electrons. The van der Waals surface area contributed by atoms with E-state index in [2.05, 4.69) is 17.4 Å². The van der Waals surface area contributed by atoms with Crippen LogP contribution >= 0.6 is 0 Å². The predicted molar refractivity (Wildman–Crippen MR) is 62.6 cm³/mol. The van der Waals surface area contributed by atoms with Gasteiger partial charge in [0.1, 0.15) is 17.4 Å². The van der Waals surface area contributed by atoms with Gasteiger partial charge in [-0.2, -0.15) is 0 Å². The lowest BCUT2D eigenvalue weighted by atomic mass is 10.1. The van der Waals surface area contributed by atoms with Gasteiger partial charge in [0.2, 0.25) is 0 Å². The van der Waals surface area contributed by atoms with Crippen LogP contribution in [-0.4, -0.2) is 17.6 Å². The molecular weight excluding hydrogens is 206 g/mol. The molecule has 1 aromatic heterocycles. The van der Waals surface area contributed by atoms with Crippen molar-refractivity contribution in [2.45, 2.75) is 33.2 Å². The Labute approximate surface area is 95.3 Å². The van der Waals surface area contributed by atoms with Crippen LogP contribution in [0.4, 0.5) is 0 Å². The normalized spacial score (nSPS) is 14.1. The van der Waals surface area contributed by atoms with E-state index in [1.54, 1.807) is 0 Å². The van der Waals surface area contributed by atoms with E-state index in [-0.39, 0.29) is 11.9 Å². The van der Waals surface area contributed by atoms with Gasteiger partial charge in [0.15, 0.2) is 0 Å². The molecule has 1 aromatic rings. The van der Waals surface area contributed by atoms with Gasteiger partial charge in [-0.1, -0.05) is 5.16 Å². The molecule has 1 atom stereocenters. The van der Waals surface area contributed by atoms with Gasteiger partial charge in [-0.05, 0) is 26.8 Å². The number of rotatable bonds is 5. The molecule has 90 valence electrons. The highest BCUT2D eigenvalue weighted by molar-refractivity contribution is 5.79. The third-order valence-corrected chi connectivity index (χ3v) is 2.51. The predicted octanol–water partition coefficient (Wildman–Crippen LogP) is 1.68. The molecule has 0 fully saturated rings. The molecular formula is C11H19N3O2. The first-order valence-corrected chi connectivity index (χ1v) is 5.31. The third kappa shape index (κ3) is 3.27. The van der Waals surface area contributed by atoms with Crippen molar-refractivity contribution in [3.63, 3.8) is 0 Å². The van der Waals surface area contributed by atoms with Crippen LogP contribution in [-0.2, 0) is 0 Å². The minimum absolute atomic E-state index is 0.198. The molecule has 1 unspecified atom stereocenters. The highest BCUT2D eigenvalue weighted by Gasteiger charge is 2.11. The van der Waals surface area contributed by atoms with Crippen LogP contribution < -0.4 is 11.1 Å². The minimum atomic E-state index is 0.198. The summed E-state index contributed by atoms with van der Waals surface area (Å²) in [5, 5.41) is 14.6. The van der Waals surface area contributed by atoms with E-state index in [0.717, 1.165) is 17.1 Å². The lowest BCUT2D eigenvalue weighted by Crippen LogP contribution is -2.24. The van der Waals surface area contributed by atoms with E-state index in [9.17, 15) is 0 Å². The fourth-order valence-electron chi connectivity index (χ4n) is 1.66. The van der Waals surface area contributed by atoms with Crippen molar-refractivity contribution in [2.24, 2.45) is 10.9 Å². The zero-order valence-corrected chi connectivity index (χ0v) is 9.95. The minimum Gasteiger partial charge on any atom is -0.466 e. The maximum absolute atomic E-state index is 8.38. The summed E-state index contributed by atoms with van der Waals surface area (Å²) >= 11 is 0. The zero-order chi connectivity index (χ0) is 12.1. The molecule has 1 heterocycles. The summed E-state index contributed by atoms with van der Waals surface area (Å²) in [7, 11) is 0. The maximum atomic E-state index is 8.38. The summed E-state index contributed by atoms with van der Waals surface area (Å²) in [6.07, 6.45) is 0.525. The van der Waals surface area contributed by atoms with E-state index >= 15 is 0 Å². The third-order valence-electron chi connectivity index (χ3n) is 2.51. The molecule has 4 N–H and O–H groups in total. The molecule has 0 saturated carbocycles. The molecule has 0 bridgehead atoms. The highest BCUT2D eigenvalue weighted by Crippen LogP contribution is 2.20. The van der Waals surface area contributed by atoms with Crippen LogP contribution in [0.15, 0.2) is 15.6 Å². The Morgan fingerprint density at radius 3 is 2.81 bits per heavy atom. The number of aryl methyl sites for hydroxylation is 2. The number of nitrogens with two attached hydrogens (primary N) is 1. The standard InChI is InChI=1S/C11H19N3O2/c1-7-6-10(9(3)16-7)8(2)13-5-4-11(12)14-15/h6,8,13,15H,4-5H2,1-3H3,(H2,12,14). The summed E-state index contributed by atoms with van der Waals surface area (Å²) in [4.78, 5) is 0. The number of furan rings is 1. The zero-order valence-electron chi connectivity index (χ0n) is 9.95. The molecule has 0 saturated heterocycles. The topological polar surface area (TPSA) is 83.8 Å². The molecule has 5 heteroatoms. The average molecular weight is 225 g/mol. The van der Waals surface area contributed by atoms with Crippen molar-refractivity contribution in [3.8, 4) is 0 Å². The monoisotopic (exact) mass is 225 g/mol. The Hall–Kier alpha value is -1.49. The van der Waals surface area contributed by atoms with E-state index in [0.29, 0.717) is 13.0 Å². The lowest BCUT2D eigenvalue weighted by Gasteiger charge is -2.12. The van der Waals surface area contributed by atoms with Crippen LogP contribution in [0.25, 0.3) is 0 Å². The van der Waals surface area contributed by atoms with Gasteiger partial charge >= 0.3 is 0 Å². The number of amidine groups is 1. The van der Waals surface area contributed by atoms with E-state index in [1.807, 2.05) is 19.9 Å². The number of hydrogen-bond acceptors (Lipinski definition) is 4. The van der Waals surface area contributed by atoms with E-state index in [1.165, 1.54) is 0 Å². The largest absolute Gasteiger partial charge is 0.466 e. The second-order valence-corrected chi connectivity index (χ2v) is 3.89. The average Bonchev–Trinajstić information content (AvgIpc) is 2.57. The van der Waals surface area contributed by atoms with E-state index < -0.39 is 0 Å². The summed E-state index contributed by atoms with van der Waals surface area (Å²) in [6, 6.07) is 2.22.